The molecule has 0 heterocycles. The zero-order valence-corrected chi connectivity index (χ0v) is 9.21. The summed E-state index contributed by atoms with van der Waals surface area (Å²) in [7, 11) is 1.60. The second-order valence-electron chi connectivity index (χ2n) is 3.39. The second-order valence-corrected chi connectivity index (χ2v) is 3.39. The monoisotopic (exact) mass is 202 g/mol. The molecule has 0 aromatic heterocycles. The molecule has 0 spiro atoms. The van der Waals surface area contributed by atoms with Crippen LogP contribution in [0.4, 0.5) is 0 Å². The lowest BCUT2D eigenvalue weighted by Gasteiger charge is -2.11. The minimum absolute atomic E-state index is 0.0712. The fraction of sp³-hybridized carbons (Fsp3) is 0.900. The minimum Gasteiger partial charge on any atom is -0.385 e. The van der Waals surface area contributed by atoms with Crippen molar-refractivity contribution in [3.8, 4) is 0 Å². The van der Waals surface area contributed by atoms with Crippen molar-refractivity contribution in [1.29, 1.82) is 0 Å². The molecular weight excluding hydrogens is 180 g/mol. The SMILES string of the molecule is CCCCCNC(=O)C(N)CCOC. The molecule has 3 N–H and O–H groups in total. The molecule has 1 atom stereocenters. The summed E-state index contributed by atoms with van der Waals surface area (Å²) >= 11 is 0. The van der Waals surface area contributed by atoms with Crippen molar-refractivity contribution in [2.75, 3.05) is 20.3 Å². The van der Waals surface area contributed by atoms with Crippen LogP contribution in [0.2, 0.25) is 0 Å². The molecule has 0 aliphatic rings. The lowest BCUT2D eigenvalue weighted by Crippen LogP contribution is -2.41. The van der Waals surface area contributed by atoms with Crippen LogP contribution in [0, 0.1) is 0 Å². The zero-order valence-electron chi connectivity index (χ0n) is 9.21. The zero-order chi connectivity index (χ0) is 10.8. The highest BCUT2D eigenvalue weighted by Gasteiger charge is 2.11. The van der Waals surface area contributed by atoms with Crippen molar-refractivity contribution < 1.29 is 9.53 Å². The van der Waals surface area contributed by atoms with Gasteiger partial charge in [0.15, 0.2) is 0 Å². The Kier molecular flexibility index (Phi) is 8.57. The molecule has 1 unspecified atom stereocenters. The fourth-order valence-corrected chi connectivity index (χ4v) is 1.09. The third kappa shape index (κ3) is 6.86. The van der Waals surface area contributed by atoms with E-state index in [2.05, 4.69) is 12.2 Å². The van der Waals surface area contributed by atoms with Crippen LogP contribution in [0.1, 0.15) is 32.6 Å². The van der Waals surface area contributed by atoms with Crippen LogP contribution in [0.15, 0.2) is 0 Å². The van der Waals surface area contributed by atoms with Crippen molar-refractivity contribution in [3.05, 3.63) is 0 Å². The molecule has 0 aromatic rings. The van der Waals surface area contributed by atoms with Gasteiger partial charge in [-0.15, -0.1) is 0 Å². The van der Waals surface area contributed by atoms with Crippen LogP contribution in [0.3, 0.4) is 0 Å². The minimum atomic E-state index is -0.434. The average Bonchev–Trinajstić information content (AvgIpc) is 2.20. The molecule has 4 heteroatoms. The van der Waals surface area contributed by atoms with E-state index in [1.165, 1.54) is 0 Å². The van der Waals surface area contributed by atoms with Crippen LogP contribution in [-0.2, 0) is 9.53 Å². The normalized spacial score (nSPS) is 12.5. The highest BCUT2D eigenvalue weighted by molar-refractivity contribution is 5.81. The number of ether oxygens (including phenoxy) is 1. The summed E-state index contributed by atoms with van der Waals surface area (Å²) in [5.74, 6) is -0.0712. The number of hydrogen-bond donors (Lipinski definition) is 2. The van der Waals surface area contributed by atoms with E-state index < -0.39 is 6.04 Å². The first-order valence-corrected chi connectivity index (χ1v) is 5.24. The van der Waals surface area contributed by atoms with Gasteiger partial charge in [0, 0.05) is 20.3 Å². The molecule has 0 bridgehead atoms. The van der Waals surface area contributed by atoms with Crippen LogP contribution < -0.4 is 11.1 Å². The number of amides is 1. The Morgan fingerprint density at radius 2 is 2.21 bits per heavy atom. The smallest absolute Gasteiger partial charge is 0.237 e. The average molecular weight is 202 g/mol. The van der Waals surface area contributed by atoms with Crippen molar-refractivity contribution in [1.82, 2.24) is 5.32 Å². The van der Waals surface area contributed by atoms with E-state index in [4.69, 9.17) is 10.5 Å². The van der Waals surface area contributed by atoms with E-state index in [9.17, 15) is 4.79 Å². The topological polar surface area (TPSA) is 64.4 Å². The molecule has 14 heavy (non-hydrogen) atoms. The van der Waals surface area contributed by atoms with E-state index in [-0.39, 0.29) is 5.91 Å². The van der Waals surface area contributed by atoms with Gasteiger partial charge in [0.1, 0.15) is 0 Å². The van der Waals surface area contributed by atoms with E-state index in [1.807, 2.05) is 0 Å². The maximum absolute atomic E-state index is 11.3. The van der Waals surface area contributed by atoms with Gasteiger partial charge < -0.3 is 15.8 Å². The largest absolute Gasteiger partial charge is 0.385 e. The summed E-state index contributed by atoms with van der Waals surface area (Å²) in [5, 5.41) is 2.81. The molecule has 0 radical (unpaired) electrons. The second kappa shape index (κ2) is 8.97. The first kappa shape index (κ1) is 13.4. The summed E-state index contributed by atoms with van der Waals surface area (Å²) in [6.07, 6.45) is 3.91. The van der Waals surface area contributed by atoms with Gasteiger partial charge in [-0.1, -0.05) is 19.8 Å². The summed E-state index contributed by atoms with van der Waals surface area (Å²) < 4.78 is 4.85. The molecule has 0 aliphatic carbocycles. The van der Waals surface area contributed by atoms with Crippen LogP contribution >= 0.6 is 0 Å². The van der Waals surface area contributed by atoms with Crippen molar-refractivity contribution in [3.63, 3.8) is 0 Å². The number of nitrogens with one attached hydrogen (secondary N) is 1. The predicted molar refractivity (Wildman–Crippen MR) is 57.0 cm³/mol. The number of hydrogen-bond acceptors (Lipinski definition) is 3. The van der Waals surface area contributed by atoms with Crippen molar-refractivity contribution in [2.45, 2.75) is 38.6 Å². The molecule has 0 saturated heterocycles. The van der Waals surface area contributed by atoms with E-state index >= 15 is 0 Å². The maximum Gasteiger partial charge on any atom is 0.237 e. The number of carbonyl (C=O) groups excluding carboxylic acids is 1. The molecular formula is C10H22N2O2. The highest BCUT2D eigenvalue weighted by atomic mass is 16.5. The van der Waals surface area contributed by atoms with Gasteiger partial charge in [0.25, 0.3) is 0 Å². The summed E-state index contributed by atoms with van der Waals surface area (Å²) in [5.41, 5.74) is 5.63. The standard InChI is InChI=1S/C10H22N2O2/c1-3-4-5-7-12-10(13)9(11)6-8-14-2/h9H,3-8,11H2,1-2H3,(H,12,13). The Hall–Kier alpha value is -0.610. The third-order valence-electron chi connectivity index (χ3n) is 2.05. The Labute approximate surface area is 86.2 Å². The Bertz CT molecular complexity index is 151. The highest BCUT2D eigenvalue weighted by Crippen LogP contribution is 1.93. The van der Waals surface area contributed by atoms with Crippen LogP contribution in [0.25, 0.3) is 0 Å². The van der Waals surface area contributed by atoms with Crippen LogP contribution in [-0.4, -0.2) is 32.2 Å². The Morgan fingerprint density at radius 3 is 2.79 bits per heavy atom. The molecule has 0 saturated carbocycles. The predicted octanol–water partition coefficient (Wildman–Crippen LogP) is 0.657. The Morgan fingerprint density at radius 1 is 1.50 bits per heavy atom. The molecule has 0 fully saturated rings. The third-order valence-corrected chi connectivity index (χ3v) is 2.05. The molecule has 0 aromatic carbocycles. The molecule has 0 rings (SSSR count). The summed E-state index contributed by atoms with van der Waals surface area (Å²) in [4.78, 5) is 11.3. The maximum atomic E-state index is 11.3. The lowest BCUT2D eigenvalue weighted by atomic mass is 10.2. The quantitative estimate of drug-likeness (QED) is 0.568. The first-order chi connectivity index (χ1) is 6.72. The van der Waals surface area contributed by atoms with E-state index in [0.717, 1.165) is 25.8 Å². The number of nitrogens with two attached hydrogens (primary N) is 1. The molecule has 1 amide bonds. The van der Waals surface area contributed by atoms with Gasteiger partial charge in [-0.05, 0) is 12.8 Å². The summed E-state index contributed by atoms with van der Waals surface area (Å²) in [6.45, 7) is 3.39. The van der Waals surface area contributed by atoms with E-state index in [1.54, 1.807) is 7.11 Å². The van der Waals surface area contributed by atoms with Gasteiger partial charge in [0.2, 0.25) is 5.91 Å². The number of unbranched alkanes of at least 4 members (excludes halogenated alkanes) is 2. The molecule has 84 valence electrons. The van der Waals surface area contributed by atoms with E-state index in [0.29, 0.717) is 13.0 Å². The summed E-state index contributed by atoms with van der Waals surface area (Å²) in [6, 6.07) is -0.434. The van der Waals surface area contributed by atoms with Gasteiger partial charge in [0.05, 0.1) is 6.04 Å². The molecule has 4 nitrogen and oxygen atoms in total. The van der Waals surface area contributed by atoms with Crippen LogP contribution in [0.5, 0.6) is 0 Å². The van der Waals surface area contributed by atoms with Crippen molar-refractivity contribution >= 4 is 5.91 Å². The molecule has 0 aliphatic heterocycles. The first-order valence-electron chi connectivity index (χ1n) is 5.24. The van der Waals surface area contributed by atoms with Gasteiger partial charge in [-0.3, -0.25) is 4.79 Å². The van der Waals surface area contributed by atoms with Gasteiger partial charge in [-0.2, -0.15) is 0 Å². The Balaban J connectivity index is 3.42. The lowest BCUT2D eigenvalue weighted by molar-refractivity contribution is -0.122. The number of rotatable bonds is 8. The fourth-order valence-electron chi connectivity index (χ4n) is 1.09. The van der Waals surface area contributed by atoms with Gasteiger partial charge in [-0.25, -0.2) is 0 Å². The van der Waals surface area contributed by atoms with Gasteiger partial charge >= 0.3 is 0 Å². The number of carbonyl (C=O) groups is 1. The number of methoxy groups -OCH3 is 1. The van der Waals surface area contributed by atoms with Crippen molar-refractivity contribution in [2.24, 2.45) is 5.73 Å².